The first-order valence-electron chi connectivity index (χ1n) is 7.87. The van der Waals surface area contributed by atoms with Crippen LogP contribution in [0.2, 0.25) is 5.02 Å². The molecule has 146 valence electrons. The third-order valence-corrected chi connectivity index (χ3v) is 6.48. The largest absolute Gasteiger partial charge is 0.495 e. The molecule has 1 amide bonds. The number of methoxy groups -OCH3 is 1. The Morgan fingerprint density at radius 2 is 1.93 bits per heavy atom. The van der Waals surface area contributed by atoms with E-state index in [0.29, 0.717) is 5.75 Å². The van der Waals surface area contributed by atoms with Gasteiger partial charge in [-0.1, -0.05) is 41.1 Å². The lowest BCUT2D eigenvalue weighted by molar-refractivity contribution is 0.102. The van der Waals surface area contributed by atoms with Gasteiger partial charge in [-0.3, -0.25) is 14.8 Å². The van der Waals surface area contributed by atoms with Gasteiger partial charge in [0, 0.05) is 0 Å². The van der Waals surface area contributed by atoms with Gasteiger partial charge < -0.3 is 4.74 Å². The number of sulfonamides is 1. The Labute approximate surface area is 170 Å². The van der Waals surface area contributed by atoms with E-state index < -0.39 is 15.9 Å². The predicted molar refractivity (Wildman–Crippen MR) is 108 cm³/mol. The minimum atomic E-state index is -4.01. The van der Waals surface area contributed by atoms with E-state index in [1.54, 1.807) is 42.5 Å². The second-order valence-electron chi connectivity index (χ2n) is 5.62. The number of hydrogen-bond acceptors (Lipinski definition) is 7. The summed E-state index contributed by atoms with van der Waals surface area (Å²) in [5.41, 5.74) is 1.37. The Morgan fingerprint density at radius 3 is 2.64 bits per heavy atom. The fourth-order valence-corrected chi connectivity index (χ4v) is 4.45. The first-order valence-corrected chi connectivity index (χ1v) is 10.5. The smallest absolute Gasteiger partial charge is 0.291 e. The molecule has 0 atom stereocenters. The predicted octanol–water partition coefficient (Wildman–Crippen LogP) is 3.56. The van der Waals surface area contributed by atoms with Gasteiger partial charge in [-0.05, 0) is 36.8 Å². The van der Waals surface area contributed by atoms with Gasteiger partial charge in [-0.2, -0.15) is 8.42 Å². The number of rotatable bonds is 6. The summed E-state index contributed by atoms with van der Waals surface area (Å²) in [6.45, 7) is 1.82. The van der Waals surface area contributed by atoms with Gasteiger partial charge >= 0.3 is 0 Å². The third kappa shape index (κ3) is 4.41. The summed E-state index contributed by atoms with van der Waals surface area (Å²) in [7, 11) is -2.57. The number of carbonyl (C=O) groups excluding carboxylic acids is 1. The standard InChI is InChI=1S/C17H15ClN4O4S2/c1-10-7-8-14(26-2)13(9-10)22-28(24,25)17-21-20-16(27-17)19-15(23)11-5-3-4-6-12(11)18/h3-9,22H,1-2H3,(H,19,20,23). The van der Waals surface area contributed by atoms with Crippen molar-refractivity contribution in [1.82, 2.24) is 10.2 Å². The summed E-state index contributed by atoms with van der Waals surface area (Å²) < 4.78 is 32.5. The Hall–Kier alpha value is -2.69. The first kappa shape index (κ1) is 20.1. The molecule has 0 unspecified atom stereocenters. The average Bonchev–Trinajstić information content (AvgIpc) is 3.11. The average molecular weight is 439 g/mol. The van der Waals surface area contributed by atoms with E-state index in [0.717, 1.165) is 16.9 Å². The second kappa shape index (κ2) is 8.13. The zero-order valence-electron chi connectivity index (χ0n) is 14.8. The highest BCUT2D eigenvalue weighted by Gasteiger charge is 2.23. The Morgan fingerprint density at radius 1 is 1.18 bits per heavy atom. The van der Waals surface area contributed by atoms with Crippen LogP contribution in [-0.2, 0) is 10.0 Å². The number of hydrogen-bond donors (Lipinski definition) is 2. The molecule has 0 saturated carbocycles. The molecular formula is C17H15ClN4O4S2. The Bertz CT molecular complexity index is 1130. The zero-order valence-corrected chi connectivity index (χ0v) is 17.2. The molecule has 0 bridgehead atoms. The number of nitrogens with zero attached hydrogens (tertiary/aromatic N) is 2. The Balaban J connectivity index is 1.80. The molecule has 8 nitrogen and oxygen atoms in total. The molecule has 0 fully saturated rings. The molecule has 0 aliphatic heterocycles. The summed E-state index contributed by atoms with van der Waals surface area (Å²) in [6, 6.07) is 11.6. The highest BCUT2D eigenvalue weighted by atomic mass is 35.5. The molecule has 0 radical (unpaired) electrons. The number of benzene rings is 2. The van der Waals surface area contributed by atoms with Crippen molar-refractivity contribution in [2.24, 2.45) is 0 Å². The lowest BCUT2D eigenvalue weighted by Gasteiger charge is -2.10. The van der Waals surface area contributed by atoms with Gasteiger partial charge in [0.1, 0.15) is 5.75 Å². The SMILES string of the molecule is COc1ccc(C)cc1NS(=O)(=O)c1nnc(NC(=O)c2ccccc2Cl)s1. The summed E-state index contributed by atoms with van der Waals surface area (Å²) in [4.78, 5) is 12.3. The fourth-order valence-electron chi connectivity index (χ4n) is 2.27. The second-order valence-corrected chi connectivity index (χ2v) is 8.86. The number of anilines is 2. The van der Waals surface area contributed by atoms with Crippen molar-refractivity contribution in [1.29, 1.82) is 0 Å². The fraction of sp³-hybridized carbons (Fsp3) is 0.118. The van der Waals surface area contributed by atoms with E-state index in [1.807, 2.05) is 6.92 Å². The number of amides is 1. The number of aryl methyl sites for hydroxylation is 1. The quantitative estimate of drug-likeness (QED) is 0.569. The van der Waals surface area contributed by atoms with E-state index >= 15 is 0 Å². The van der Waals surface area contributed by atoms with Crippen LogP contribution in [0.4, 0.5) is 10.8 Å². The van der Waals surface area contributed by atoms with E-state index in [-0.39, 0.29) is 25.7 Å². The monoisotopic (exact) mass is 438 g/mol. The van der Waals surface area contributed by atoms with Crippen molar-refractivity contribution in [3.63, 3.8) is 0 Å². The highest BCUT2D eigenvalue weighted by molar-refractivity contribution is 7.94. The molecule has 1 aromatic heterocycles. The van der Waals surface area contributed by atoms with Gasteiger partial charge in [0.25, 0.3) is 20.3 Å². The van der Waals surface area contributed by atoms with Crippen LogP contribution in [0.5, 0.6) is 5.75 Å². The first-order chi connectivity index (χ1) is 13.3. The van der Waals surface area contributed by atoms with Crippen molar-refractivity contribution in [2.75, 3.05) is 17.1 Å². The molecule has 2 N–H and O–H groups in total. The Kier molecular flexibility index (Phi) is 5.82. The maximum atomic E-state index is 12.6. The van der Waals surface area contributed by atoms with Crippen LogP contribution in [0.15, 0.2) is 46.8 Å². The number of halogens is 1. The molecule has 28 heavy (non-hydrogen) atoms. The molecular weight excluding hydrogens is 424 g/mol. The number of carbonyl (C=O) groups is 1. The van der Waals surface area contributed by atoms with Crippen molar-refractivity contribution in [3.8, 4) is 5.75 Å². The lowest BCUT2D eigenvalue weighted by atomic mass is 10.2. The number of aromatic nitrogens is 2. The number of ether oxygens (including phenoxy) is 1. The van der Waals surface area contributed by atoms with E-state index in [9.17, 15) is 13.2 Å². The maximum absolute atomic E-state index is 12.6. The van der Waals surface area contributed by atoms with E-state index in [4.69, 9.17) is 16.3 Å². The molecule has 0 spiro atoms. The minimum Gasteiger partial charge on any atom is -0.495 e. The van der Waals surface area contributed by atoms with Crippen LogP contribution >= 0.6 is 22.9 Å². The van der Waals surface area contributed by atoms with Crippen LogP contribution in [-0.4, -0.2) is 31.6 Å². The summed E-state index contributed by atoms with van der Waals surface area (Å²) >= 11 is 6.70. The maximum Gasteiger partial charge on any atom is 0.291 e. The minimum absolute atomic E-state index is 0.0292. The highest BCUT2D eigenvalue weighted by Crippen LogP contribution is 2.29. The van der Waals surface area contributed by atoms with E-state index in [1.165, 1.54) is 7.11 Å². The number of nitrogens with one attached hydrogen (secondary N) is 2. The van der Waals surface area contributed by atoms with Gasteiger partial charge in [-0.15, -0.1) is 10.2 Å². The summed E-state index contributed by atoms with van der Waals surface area (Å²) in [5.74, 6) is -0.148. The molecule has 0 aliphatic carbocycles. The van der Waals surface area contributed by atoms with Gasteiger partial charge in [0.2, 0.25) is 5.13 Å². The van der Waals surface area contributed by atoms with Gasteiger partial charge in [-0.25, -0.2) is 0 Å². The summed E-state index contributed by atoms with van der Waals surface area (Å²) in [6.07, 6.45) is 0. The molecule has 0 saturated heterocycles. The lowest BCUT2D eigenvalue weighted by Crippen LogP contribution is -2.13. The van der Waals surface area contributed by atoms with Crippen LogP contribution in [0.25, 0.3) is 0 Å². The molecule has 2 aromatic carbocycles. The van der Waals surface area contributed by atoms with Gasteiger partial charge in [0.05, 0.1) is 23.4 Å². The van der Waals surface area contributed by atoms with Crippen molar-refractivity contribution in [3.05, 3.63) is 58.6 Å². The molecule has 1 heterocycles. The van der Waals surface area contributed by atoms with Crippen LogP contribution < -0.4 is 14.8 Å². The van der Waals surface area contributed by atoms with Crippen molar-refractivity contribution < 1.29 is 17.9 Å². The van der Waals surface area contributed by atoms with Gasteiger partial charge in [0.15, 0.2) is 0 Å². The van der Waals surface area contributed by atoms with Crippen LogP contribution in [0, 0.1) is 6.92 Å². The molecule has 0 aliphatic rings. The summed E-state index contributed by atoms with van der Waals surface area (Å²) in [5, 5.41) is 10.2. The normalized spacial score (nSPS) is 11.1. The van der Waals surface area contributed by atoms with Crippen LogP contribution in [0.3, 0.4) is 0 Å². The van der Waals surface area contributed by atoms with Crippen LogP contribution in [0.1, 0.15) is 15.9 Å². The molecule has 3 aromatic rings. The molecule has 11 heteroatoms. The van der Waals surface area contributed by atoms with Crippen molar-refractivity contribution in [2.45, 2.75) is 11.3 Å². The molecule has 3 rings (SSSR count). The third-order valence-electron chi connectivity index (χ3n) is 3.57. The van der Waals surface area contributed by atoms with E-state index in [2.05, 4.69) is 20.2 Å². The van der Waals surface area contributed by atoms with Crippen molar-refractivity contribution >= 4 is 49.7 Å². The zero-order chi connectivity index (χ0) is 20.3. The topological polar surface area (TPSA) is 110 Å².